The highest BCUT2D eigenvalue weighted by Gasteiger charge is 2.19. The Labute approximate surface area is 226 Å². The highest BCUT2D eigenvalue weighted by Crippen LogP contribution is 2.36. The van der Waals surface area contributed by atoms with Crippen molar-refractivity contribution in [2.24, 2.45) is 0 Å². The average Bonchev–Trinajstić information content (AvgIpc) is 3.59. The van der Waals surface area contributed by atoms with Gasteiger partial charge in [0.1, 0.15) is 0 Å². The van der Waals surface area contributed by atoms with E-state index in [1.807, 2.05) is 0 Å². The van der Waals surface area contributed by atoms with Gasteiger partial charge < -0.3 is 0 Å². The summed E-state index contributed by atoms with van der Waals surface area (Å²) in [6.45, 7) is 4.51. The Bertz CT molecular complexity index is 1320. The molecule has 0 aliphatic heterocycles. The Morgan fingerprint density at radius 1 is 0.500 bits per heavy atom. The van der Waals surface area contributed by atoms with E-state index in [9.17, 15) is 0 Å². The van der Waals surface area contributed by atoms with Crippen molar-refractivity contribution in [3.8, 4) is 45.0 Å². The summed E-state index contributed by atoms with van der Waals surface area (Å²) in [5.41, 5.74) is 11.6. The number of H-pyrrole nitrogens is 2. The van der Waals surface area contributed by atoms with Crippen LogP contribution in [-0.2, 0) is 12.8 Å². The summed E-state index contributed by atoms with van der Waals surface area (Å²) < 4.78 is 0. The second-order valence-electron chi connectivity index (χ2n) is 10.1. The molecule has 38 heavy (non-hydrogen) atoms. The van der Waals surface area contributed by atoms with Gasteiger partial charge in [-0.3, -0.25) is 10.2 Å². The topological polar surface area (TPSA) is 57.4 Å². The van der Waals surface area contributed by atoms with Crippen LogP contribution in [0.2, 0.25) is 0 Å². The van der Waals surface area contributed by atoms with Crippen LogP contribution in [0.15, 0.2) is 84.9 Å². The van der Waals surface area contributed by atoms with E-state index in [-0.39, 0.29) is 0 Å². The lowest BCUT2D eigenvalue weighted by molar-refractivity contribution is 0.719. The van der Waals surface area contributed by atoms with Crippen LogP contribution in [-0.4, -0.2) is 20.4 Å². The maximum Gasteiger partial charge on any atom is 0.0959 e. The van der Waals surface area contributed by atoms with Crippen molar-refractivity contribution in [1.82, 2.24) is 20.4 Å². The van der Waals surface area contributed by atoms with Gasteiger partial charge >= 0.3 is 0 Å². The zero-order chi connectivity index (χ0) is 26.2. The Balaban J connectivity index is 1.55. The lowest BCUT2D eigenvalue weighted by Crippen LogP contribution is -1.93. The molecule has 0 atom stereocenters. The molecule has 0 radical (unpaired) electrons. The Morgan fingerprint density at radius 3 is 1.34 bits per heavy atom. The molecule has 2 N–H and O–H groups in total. The van der Waals surface area contributed by atoms with E-state index in [1.165, 1.54) is 47.9 Å². The van der Waals surface area contributed by atoms with Crippen molar-refractivity contribution in [3.05, 3.63) is 96.1 Å². The van der Waals surface area contributed by atoms with Gasteiger partial charge in [-0.1, -0.05) is 118 Å². The number of unbranched alkanes of at least 4 members (excludes halogenated alkanes) is 4. The fourth-order valence-electron chi connectivity index (χ4n) is 5.30. The van der Waals surface area contributed by atoms with Crippen molar-refractivity contribution < 1.29 is 0 Å². The van der Waals surface area contributed by atoms with Crippen LogP contribution in [0.4, 0.5) is 0 Å². The first-order valence-electron chi connectivity index (χ1n) is 14.2. The molecule has 0 unspecified atom stereocenters. The summed E-state index contributed by atoms with van der Waals surface area (Å²) in [5, 5.41) is 16.5. The standard InChI is InChI=1S/C34H38N4/c1-3-5-9-22-29-31(25-16-11-7-12-17-25)35-37-33(29)27-20-15-21-28(24-27)34-30(23-10-6-4-2)32(36-38-34)26-18-13-8-14-19-26/h7-8,11-21,24H,3-6,9-10,22-23H2,1-2H3,(H,35,37)(H,36,38). The van der Waals surface area contributed by atoms with Gasteiger partial charge in [-0.15, -0.1) is 0 Å². The maximum absolute atomic E-state index is 4.86. The summed E-state index contributed by atoms with van der Waals surface area (Å²) in [6.07, 6.45) is 9.17. The SMILES string of the molecule is CCCCCc1c(-c2cccc(-c3n[nH]c(-c4ccccc4)c3CCCCC)c2)n[nH]c1-c1ccccc1. The molecule has 0 aliphatic rings. The second kappa shape index (κ2) is 12.6. The van der Waals surface area contributed by atoms with E-state index in [4.69, 9.17) is 10.2 Å². The monoisotopic (exact) mass is 502 g/mol. The molecule has 5 aromatic rings. The minimum absolute atomic E-state index is 1.01. The Morgan fingerprint density at radius 2 is 0.921 bits per heavy atom. The van der Waals surface area contributed by atoms with Crippen molar-refractivity contribution in [2.75, 3.05) is 0 Å². The van der Waals surface area contributed by atoms with Crippen LogP contribution in [0.5, 0.6) is 0 Å². The normalized spacial score (nSPS) is 11.2. The molecule has 0 spiro atoms. The maximum atomic E-state index is 4.86. The van der Waals surface area contributed by atoms with Crippen LogP contribution < -0.4 is 0 Å². The molecule has 0 saturated heterocycles. The summed E-state index contributed by atoms with van der Waals surface area (Å²) in [5.74, 6) is 0. The molecule has 0 saturated carbocycles. The largest absolute Gasteiger partial charge is 0.277 e. The number of aromatic amines is 2. The summed E-state index contributed by atoms with van der Waals surface area (Å²) in [6, 6.07) is 29.9. The molecular weight excluding hydrogens is 464 g/mol. The average molecular weight is 503 g/mol. The van der Waals surface area contributed by atoms with Gasteiger partial charge in [-0.05, 0) is 42.9 Å². The third-order valence-corrected chi connectivity index (χ3v) is 7.33. The zero-order valence-corrected chi connectivity index (χ0v) is 22.6. The second-order valence-corrected chi connectivity index (χ2v) is 10.1. The van der Waals surface area contributed by atoms with Gasteiger partial charge in [0, 0.05) is 22.3 Å². The van der Waals surface area contributed by atoms with Gasteiger partial charge in [0.05, 0.1) is 22.8 Å². The van der Waals surface area contributed by atoms with Gasteiger partial charge in [0.2, 0.25) is 0 Å². The first-order valence-corrected chi connectivity index (χ1v) is 14.2. The van der Waals surface area contributed by atoms with E-state index >= 15 is 0 Å². The van der Waals surface area contributed by atoms with E-state index in [2.05, 4.69) is 109 Å². The fourth-order valence-corrected chi connectivity index (χ4v) is 5.30. The number of nitrogens with one attached hydrogen (secondary N) is 2. The zero-order valence-electron chi connectivity index (χ0n) is 22.6. The van der Waals surface area contributed by atoms with E-state index in [0.29, 0.717) is 0 Å². The number of benzene rings is 3. The van der Waals surface area contributed by atoms with E-state index in [0.717, 1.165) is 59.6 Å². The molecule has 2 aromatic heterocycles. The Kier molecular flexibility index (Phi) is 8.49. The molecule has 3 aromatic carbocycles. The predicted octanol–water partition coefficient (Wildman–Crippen LogP) is 9.27. The number of hydrogen-bond donors (Lipinski definition) is 2. The molecule has 2 heterocycles. The lowest BCUT2D eigenvalue weighted by Gasteiger charge is -2.09. The van der Waals surface area contributed by atoms with Crippen molar-refractivity contribution in [2.45, 2.75) is 65.2 Å². The lowest BCUT2D eigenvalue weighted by atomic mass is 9.94. The van der Waals surface area contributed by atoms with E-state index in [1.54, 1.807) is 0 Å². The smallest absolute Gasteiger partial charge is 0.0959 e. The van der Waals surface area contributed by atoms with Crippen LogP contribution in [0, 0.1) is 0 Å². The molecule has 0 bridgehead atoms. The van der Waals surface area contributed by atoms with Gasteiger partial charge in [-0.25, -0.2) is 0 Å². The first kappa shape index (κ1) is 25.7. The highest BCUT2D eigenvalue weighted by molar-refractivity contribution is 5.79. The van der Waals surface area contributed by atoms with Crippen LogP contribution in [0.1, 0.15) is 63.5 Å². The van der Waals surface area contributed by atoms with E-state index < -0.39 is 0 Å². The summed E-state index contributed by atoms with van der Waals surface area (Å²) in [7, 11) is 0. The third kappa shape index (κ3) is 5.65. The molecule has 0 fully saturated rings. The highest BCUT2D eigenvalue weighted by atomic mass is 15.1. The molecule has 194 valence electrons. The number of hydrogen-bond acceptors (Lipinski definition) is 2. The first-order chi connectivity index (χ1) is 18.8. The fraction of sp³-hybridized carbons (Fsp3) is 0.294. The number of rotatable bonds is 12. The van der Waals surface area contributed by atoms with Crippen molar-refractivity contribution in [1.29, 1.82) is 0 Å². The van der Waals surface area contributed by atoms with Gasteiger partial charge in [0.25, 0.3) is 0 Å². The number of nitrogens with zero attached hydrogens (tertiary/aromatic N) is 2. The van der Waals surface area contributed by atoms with Crippen LogP contribution in [0.3, 0.4) is 0 Å². The number of aromatic nitrogens is 4. The Hall–Kier alpha value is -3.92. The minimum atomic E-state index is 1.01. The van der Waals surface area contributed by atoms with Crippen LogP contribution >= 0.6 is 0 Å². The van der Waals surface area contributed by atoms with Gasteiger partial charge in [0.15, 0.2) is 0 Å². The summed E-state index contributed by atoms with van der Waals surface area (Å²) >= 11 is 0. The molecule has 0 aliphatic carbocycles. The van der Waals surface area contributed by atoms with Gasteiger partial charge in [-0.2, -0.15) is 10.2 Å². The van der Waals surface area contributed by atoms with Crippen LogP contribution in [0.25, 0.3) is 45.0 Å². The molecule has 5 rings (SSSR count). The molecule has 4 nitrogen and oxygen atoms in total. The third-order valence-electron chi connectivity index (χ3n) is 7.33. The minimum Gasteiger partial charge on any atom is -0.277 e. The molecule has 4 heteroatoms. The predicted molar refractivity (Wildman–Crippen MR) is 159 cm³/mol. The quantitative estimate of drug-likeness (QED) is 0.167. The summed E-state index contributed by atoms with van der Waals surface area (Å²) in [4.78, 5) is 0. The van der Waals surface area contributed by atoms with Crippen molar-refractivity contribution in [3.63, 3.8) is 0 Å². The van der Waals surface area contributed by atoms with Crippen molar-refractivity contribution >= 4 is 0 Å². The molecule has 0 amide bonds. The molecular formula is C34H38N4.